The van der Waals surface area contributed by atoms with Gasteiger partial charge in [0.1, 0.15) is 5.82 Å². The van der Waals surface area contributed by atoms with Gasteiger partial charge in [-0.2, -0.15) is 0 Å². The molecule has 0 aliphatic heterocycles. The van der Waals surface area contributed by atoms with Crippen LogP contribution >= 0.6 is 0 Å². The minimum atomic E-state index is 0.0532. The molecule has 1 atom stereocenters. The van der Waals surface area contributed by atoms with Gasteiger partial charge in [0, 0.05) is 19.4 Å². The lowest BCUT2D eigenvalue weighted by Crippen LogP contribution is -2.30. The van der Waals surface area contributed by atoms with Crippen LogP contribution in [-0.4, -0.2) is 9.55 Å². The number of imidazole rings is 1. The Balaban J connectivity index is 2.78. The average Bonchev–Trinajstić information content (AvgIpc) is 2.47. The van der Waals surface area contributed by atoms with E-state index in [9.17, 15) is 0 Å². The van der Waals surface area contributed by atoms with Crippen LogP contribution in [0.5, 0.6) is 0 Å². The summed E-state index contributed by atoms with van der Waals surface area (Å²) in [5, 5.41) is 0. The molecule has 1 rings (SSSR count). The van der Waals surface area contributed by atoms with Crippen molar-refractivity contribution >= 4 is 0 Å². The molecule has 3 N–H and O–H groups in total. The van der Waals surface area contributed by atoms with Gasteiger partial charge in [-0.3, -0.25) is 5.84 Å². The zero-order valence-corrected chi connectivity index (χ0v) is 8.12. The van der Waals surface area contributed by atoms with Crippen molar-refractivity contribution in [3.05, 3.63) is 30.4 Å². The van der Waals surface area contributed by atoms with Gasteiger partial charge in [-0.25, -0.2) is 10.4 Å². The van der Waals surface area contributed by atoms with Gasteiger partial charge in [-0.1, -0.05) is 5.57 Å². The third-order valence-electron chi connectivity index (χ3n) is 1.92. The summed E-state index contributed by atoms with van der Waals surface area (Å²) in [6.45, 7) is 5.83. The predicted octanol–water partition coefficient (Wildman–Crippen LogP) is 0.891. The second-order valence-corrected chi connectivity index (χ2v) is 3.28. The van der Waals surface area contributed by atoms with Crippen LogP contribution in [0.2, 0.25) is 0 Å². The number of aryl methyl sites for hydroxylation is 1. The van der Waals surface area contributed by atoms with Gasteiger partial charge in [0.15, 0.2) is 0 Å². The quantitative estimate of drug-likeness (QED) is 0.411. The van der Waals surface area contributed by atoms with Gasteiger partial charge in [0.05, 0.1) is 6.04 Å². The Morgan fingerprint density at radius 1 is 1.85 bits per heavy atom. The van der Waals surface area contributed by atoms with Crippen molar-refractivity contribution in [3.8, 4) is 0 Å². The lowest BCUT2D eigenvalue weighted by atomic mass is 10.1. The molecule has 1 heterocycles. The van der Waals surface area contributed by atoms with Crippen molar-refractivity contribution in [1.29, 1.82) is 0 Å². The van der Waals surface area contributed by atoms with Gasteiger partial charge in [0.25, 0.3) is 0 Å². The van der Waals surface area contributed by atoms with E-state index in [4.69, 9.17) is 5.84 Å². The van der Waals surface area contributed by atoms with Gasteiger partial charge >= 0.3 is 0 Å². The smallest absolute Gasteiger partial charge is 0.127 e. The molecule has 0 radical (unpaired) electrons. The summed E-state index contributed by atoms with van der Waals surface area (Å²) in [6.07, 6.45) is 4.47. The lowest BCUT2D eigenvalue weighted by Gasteiger charge is -2.15. The summed E-state index contributed by atoms with van der Waals surface area (Å²) in [7, 11) is 1.95. The summed E-state index contributed by atoms with van der Waals surface area (Å²) in [5.41, 5.74) is 3.82. The molecule has 4 heteroatoms. The Labute approximate surface area is 78.4 Å². The van der Waals surface area contributed by atoms with Crippen LogP contribution in [0.3, 0.4) is 0 Å². The standard InChI is InChI=1S/C9H16N4/c1-7(2)6-8(12-10)9-11-4-5-13(9)3/h4-5,8,12H,1,6,10H2,2-3H3. The van der Waals surface area contributed by atoms with E-state index in [1.807, 2.05) is 24.7 Å². The fourth-order valence-electron chi connectivity index (χ4n) is 1.29. The van der Waals surface area contributed by atoms with Crippen LogP contribution in [0.25, 0.3) is 0 Å². The maximum Gasteiger partial charge on any atom is 0.127 e. The number of nitrogens with zero attached hydrogens (tertiary/aromatic N) is 2. The first-order chi connectivity index (χ1) is 6.15. The van der Waals surface area contributed by atoms with Gasteiger partial charge in [0.2, 0.25) is 0 Å². The van der Waals surface area contributed by atoms with Crippen LogP contribution in [0.15, 0.2) is 24.5 Å². The number of hydrazine groups is 1. The van der Waals surface area contributed by atoms with Crippen molar-refractivity contribution in [3.63, 3.8) is 0 Å². The monoisotopic (exact) mass is 180 g/mol. The zero-order chi connectivity index (χ0) is 9.84. The molecule has 0 saturated heterocycles. The Morgan fingerprint density at radius 3 is 2.92 bits per heavy atom. The van der Waals surface area contributed by atoms with E-state index in [1.165, 1.54) is 0 Å². The summed E-state index contributed by atoms with van der Waals surface area (Å²) < 4.78 is 1.95. The second-order valence-electron chi connectivity index (χ2n) is 3.28. The number of nitrogens with two attached hydrogens (primary N) is 1. The lowest BCUT2D eigenvalue weighted by molar-refractivity contribution is 0.506. The third kappa shape index (κ3) is 2.40. The number of hydrogen-bond acceptors (Lipinski definition) is 3. The van der Waals surface area contributed by atoms with Crippen molar-refractivity contribution in [2.24, 2.45) is 12.9 Å². The first kappa shape index (κ1) is 9.95. The summed E-state index contributed by atoms with van der Waals surface area (Å²) in [6, 6.07) is 0.0532. The molecule has 1 unspecified atom stereocenters. The highest BCUT2D eigenvalue weighted by Crippen LogP contribution is 2.16. The van der Waals surface area contributed by atoms with Crippen molar-refractivity contribution in [2.45, 2.75) is 19.4 Å². The number of rotatable bonds is 4. The highest BCUT2D eigenvalue weighted by atomic mass is 15.3. The maximum atomic E-state index is 5.44. The molecule has 0 amide bonds. The minimum Gasteiger partial charge on any atom is -0.337 e. The third-order valence-corrected chi connectivity index (χ3v) is 1.92. The Hall–Kier alpha value is -1.13. The Bertz CT molecular complexity index is 290. The summed E-state index contributed by atoms with van der Waals surface area (Å²) in [5.74, 6) is 6.37. The molecule has 0 aliphatic rings. The first-order valence-electron chi connectivity index (χ1n) is 4.23. The number of aromatic nitrogens is 2. The Kier molecular flexibility index (Phi) is 3.22. The van der Waals surface area contributed by atoms with Crippen molar-refractivity contribution in [2.75, 3.05) is 0 Å². The molecule has 0 aliphatic carbocycles. The topological polar surface area (TPSA) is 55.9 Å². The van der Waals surface area contributed by atoms with E-state index in [-0.39, 0.29) is 6.04 Å². The van der Waals surface area contributed by atoms with Crippen molar-refractivity contribution in [1.82, 2.24) is 15.0 Å². The first-order valence-corrected chi connectivity index (χ1v) is 4.23. The molecule has 1 aromatic heterocycles. The number of hydrogen-bond donors (Lipinski definition) is 2. The predicted molar refractivity (Wildman–Crippen MR) is 52.7 cm³/mol. The largest absolute Gasteiger partial charge is 0.337 e. The van der Waals surface area contributed by atoms with Crippen LogP contribution in [0.1, 0.15) is 25.2 Å². The van der Waals surface area contributed by atoms with Crippen LogP contribution in [0.4, 0.5) is 0 Å². The van der Waals surface area contributed by atoms with E-state index in [2.05, 4.69) is 17.0 Å². The van der Waals surface area contributed by atoms with Crippen LogP contribution < -0.4 is 11.3 Å². The van der Waals surface area contributed by atoms with E-state index in [0.29, 0.717) is 0 Å². The average molecular weight is 180 g/mol. The molecule has 0 spiro atoms. The second kappa shape index (κ2) is 4.20. The SMILES string of the molecule is C=C(C)CC(NN)c1nccn1C. The van der Waals surface area contributed by atoms with Crippen LogP contribution in [-0.2, 0) is 7.05 Å². The van der Waals surface area contributed by atoms with Gasteiger partial charge in [-0.15, -0.1) is 6.58 Å². The molecular formula is C9H16N4. The number of nitrogens with one attached hydrogen (secondary N) is 1. The molecule has 0 fully saturated rings. The Morgan fingerprint density at radius 2 is 2.54 bits per heavy atom. The van der Waals surface area contributed by atoms with Crippen molar-refractivity contribution < 1.29 is 0 Å². The fraction of sp³-hybridized carbons (Fsp3) is 0.444. The normalized spacial score (nSPS) is 12.8. The molecule has 72 valence electrons. The molecular weight excluding hydrogens is 164 g/mol. The molecule has 0 aromatic carbocycles. The molecule has 4 nitrogen and oxygen atoms in total. The molecule has 0 saturated carbocycles. The highest BCUT2D eigenvalue weighted by molar-refractivity contribution is 5.04. The summed E-state index contributed by atoms with van der Waals surface area (Å²) >= 11 is 0. The van der Waals surface area contributed by atoms with Crippen LogP contribution in [0, 0.1) is 0 Å². The van der Waals surface area contributed by atoms with Gasteiger partial charge < -0.3 is 4.57 Å². The molecule has 1 aromatic rings. The van der Waals surface area contributed by atoms with E-state index >= 15 is 0 Å². The zero-order valence-electron chi connectivity index (χ0n) is 8.12. The highest BCUT2D eigenvalue weighted by Gasteiger charge is 2.13. The minimum absolute atomic E-state index is 0.0532. The maximum absolute atomic E-state index is 5.44. The van der Waals surface area contributed by atoms with Gasteiger partial charge in [-0.05, 0) is 13.3 Å². The van der Waals surface area contributed by atoms with E-state index in [1.54, 1.807) is 6.20 Å². The fourth-order valence-corrected chi connectivity index (χ4v) is 1.29. The van der Waals surface area contributed by atoms with E-state index in [0.717, 1.165) is 17.8 Å². The summed E-state index contributed by atoms with van der Waals surface area (Å²) in [4.78, 5) is 4.22. The molecule has 13 heavy (non-hydrogen) atoms. The van der Waals surface area contributed by atoms with E-state index < -0.39 is 0 Å². The molecule has 0 bridgehead atoms.